The fourth-order valence-electron chi connectivity index (χ4n) is 6.24. The molecule has 2 aromatic heterocycles. The highest BCUT2D eigenvalue weighted by atomic mass is 14.7. The molecule has 6 aromatic carbocycles. The highest BCUT2D eigenvalue weighted by Crippen LogP contribution is 2.42. The topological polar surface area (TPSA) is 51.8 Å². The minimum absolute atomic E-state index is 0.692. The fourth-order valence-corrected chi connectivity index (χ4v) is 6.24. The Labute approximate surface area is 243 Å². The van der Waals surface area contributed by atoms with E-state index in [9.17, 15) is 0 Å². The average Bonchev–Trinajstić information content (AvgIpc) is 3.05. The standard InChI is InChI=1S/C39H27N3/c40-38-28(9-6-11-30-10-4-5-24-41-30)12-13-29-18-23-35(42-39(29)38)32-20-15-27-16-21-33-31(25-7-2-1-3-8-25)19-14-26-17-22-34(32)37(27)36(26)33/h1-10,12-24H,11,40H2/b9-6-. The number of allylic oxidation sites excluding steroid dienone is 1. The second kappa shape index (κ2) is 9.83. The van der Waals surface area contributed by atoms with Crippen LogP contribution in [0.15, 0.2) is 134 Å². The van der Waals surface area contributed by atoms with Crippen LogP contribution in [0.4, 0.5) is 5.69 Å². The van der Waals surface area contributed by atoms with Crippen molar-refractivity contribution in [3.63, 3.8) is 0 Å². The molecule has 3 heteroatoms. The molecule has 42 heavy (non-hydrogen) atoms. The molecule has 3 nitrogen and oxygen atoms in total. The molecule has 0 fully saturated rings. The molecule has 0 spiro atoms. The van der Waals surface area contributed by atoms with Crippen LogP contribution in [0.1, 0.15) is 11.3 Å². The van der Waals surface area contributed by atoms with Crippen molar-refractivity contribution in [3.05, 3.63) is 145 Å². The largest absolute Gasteiger partial charge is 0.396 e. The summed E-state index contributed by atoms with van der Waals surface area (Å²) in [6.45, 7) is 0. The first-order valence-electron chi connectivity index (χ1n) is 14.3. The lowest BCUT2D eigenvalue weighted by Gasteiger charge is -2.16. The summed E-state index contributed by atoms with van der Waals surface area (Å²) in [6, 6.07) is 42.9. The van der Waals surface area contributed by atoms with E-state index in [4.69, 9.17) is 10.7 Å². The number of nitrogens with zero attached hydrogens (tertiary/aromatic N) is 2. The molecule has 0 bridgehead atoms. The smallest absolute Gasteiger partial charge is 0.0944 e. The molecule has 8 rings (SSSR count). The van der Waals surface area contributed by atoms with Crippen LogP contribution in [0.25, 0.3) is 71.7 Å². The van der Waals surface area contributed by atoms with E-state index in [2.05, 4.69) is 120 Å². The number of hydrogen-bond donors (Lipinski definition) is 1. The van der Waals surface area contributed by atoms with E-state index in [0.29, 0.717) is 5.69 Å². The van der Waals surface area contributed by atoms with Gasteiger partial charge >= 0.3 is 0 Å². The number of nitrogen functional groups attached to an aromatic ring is 1. The van der Waals surface area contributed by atoms with Gasteiger partial charge in [-0.3, -0.25) is 4.98 Å². The minimum Gasteiger partial charge on any atom is -0.396 e. The highest BCUT2D eigenvalue weighted by molar-refractivity contribution is 6.27. The molecule has 2 N–H and O–H groups in total. The van der Waals surface area contributed by atoms with Gasteiger partial charge in [-0.2, -0.15) is 0 Å². The first-order valence-corrected chi connectivity index (χ1v) is 14.3. The van der Waals surface area contributed by atoms with Gasteiger partial charge in [0.15, 0.2) is 0 Å². The van der Waals surface area contributed by atoms with Gasteiger partial charge in [-0.1, -0.05) is 115 Å². The molecular weight excluding hydrogens is 510 g/mol. The normalized spacial score (nSPS) is 11.9. The van der Waals surface area contributed by atoms with Crippen molar-refractivity contribution in [2.24, 2.45) is 0 Å². The van der Waals surface area contributed by atoms with Gasteiger partial charge in [0.25, 0.3) is 0 Å². The van der Waals surface area contributed by atoms with Crippen LogP contribution >= 0.6 is 0 Å². The summed E-state index contributed by atoms with van der Waals surface area (Å²) in [5, 5.41) is 8.56. The summed E-state index contributed by atoms with van der Waals surface area (Å²) >= 11 is 0. The number of aromatic nitrogens is 2. The van der Waals surface area contributed by atoms with Gasteiger partial charge < -0.3 is 5.73 Å². The van der Waals surface area contributed by atoms with Crippen molar-refractivity contribution in [3.8, 4) is 22.4 Å². The number of hydrogen-bond acceptors (Lipinski definition) is 3. The van der Waals surface area contributed by atoms with Crippen molar-refractivity contribution < 1.29 is 0 Å². The van der Waals surface area contributed by atoms with Crippen molar-refractivity contribution >= 4 is 55.0 Å². The average molecular weight is 538 g/mol. The van der Waals surface area contributed by atoms with Gasteiger partial charge in [0.05, 0.1) is 16.9 Å². The molecule has 0 saturated heterocycles. The van der Waals surface area contributed by atoms with Crippen LogP contribution in [0.5, 0.6) is 0 Å². The van der Waals surface area contributed by atoms with Gasteiger partial charge in [-0.05, 0) is 67.2 Å². The van der Waals surface area contributed by atoms with Crippen molar-refractivity contribution in [1.29, 1.82) is 0 Å². The van der Waals surface area contributed by atoms with E-state index in [-0.39, 0.29) is 0 Å². The molecule has 0 amide bonds. The highest BCUT2D eigenvalue weighted by Gasteiger charge is 2.16. The summed E-state index contributed by atoms with van der Waals surface area (Å²) in [5.41, 5.74) is 14.7. The summed E-state index contributed by atoms with van der Waals surface area (Å²) in [5.74, 6) is 0. The fraction of sp³-hybridized carbons (Fsp3) is 0.0256. The Bertz CT molecular complexity index is 2270. The van der Waals surface area contributed by atoms with Crippen molar-refractivity contribution in [1.82, 2.24) is 9.97 Å². The second-order valence-electron chi connectivity index (χ2n) is 10.8. The van der Waals surface area contributed by atoms with Crippen LogP contribution in [-0.2, 0) is 6.42 Å². The Hall–Kier alpha value is -5.54. The van der Waals surface area contributed by atoms with E-state index in [1.54, 1.807) is 0 Å². The van der Waals surface area contributed by atoms with Gasteiger partial charge in [-0.25, -0.2) is 4.98 Å². The van der Waals surface area contributed by atoms with E-state index < -0.39 is 0 Å². The Balaban J connectivity index is 1.27. The first kappa shape index (κ1) is 24.3. The molecular formula is C39H27N3. The molecule has 0 aliphatic rings. The molecule has 0 radical (unpaired) electrons. The van der Waals surface area contributed by atoms with Gasteiger partial charge in [0.1, 0.15) is 0 Å². The number of anilines is 1. The second-order valence-corrected chi connectivity index (χ2v) is 10.8. The zero-order valence-electron chi connectivity index (χ0n) is 23.0. The van der Waals surface area contributed by atoms with Crippen molar-refractivity contribution in [2.45, 2.75) is 6.42 Å². The quantitative estimate of drug-likeness (QED) is 0.176. The van der Waals surface area contributed by atoms with E-state index in [0.717, 1.165) is 39.8 Å². The lowest BCUT2D eigenvalue weighted by molar-refractivity contribution is 1.11. The molecule has 0 saturated carbocycles. The number of fused-ring (bicyclic) bond motifs is 1. The summed E-state index contributed by atoms with van der Waals surface area (Å²) in [7, 11) is 0. The summed E-state index contributed by atoms with van der Waals surface area (Å²) in [6.07, 6.45) is 6.74. The maximum Gasteiger partial charge on any atom is 0.0944 e. The molecule has 0 aliphatic carbocycles. The Morgan fingerprint density at radius 3 is 2.02 bits per heavy atom. The first-order chi connectivity index (χ1) is 20.7. The third-order valence-corrected chi connectivity index (χ3v) is 8.31. The zero-order chi connectivity index (χ0) is 28.0. The summed E-state index contributed by atoms with van der Waals surface area (Å²) in [4.78, 5) is 9.56. The number of nitrogens with two attached hydrogens (primary N) is 1. The lowest BCUT2D eigenvalue weighted by Crippen LogP contribution is -1.96. The van der Waals surface area contributed by atoms with Gasteiger partial charge in [0, 0.05) is 29.3 Å². The zero-order valence-corrected chi connectivity index (χ0v) is 23.0. The Morgan fingerprint density at radius 1 is 0.595 bits per heavy atom. The monoisotopic (exact) mass is 537 g/mol. The number of rotatable bonds is 5. The van der Waals surface area contributed by atoms with Crippen molar-refractivity contribution in [2.75, 3.05) is 5.73 Å². The van der Waals surface area contributed by atoms with Crippen LogP contribution in [0, 0.1) is 0 Å². The van der Waals surface area contributed by atoms with E-state index in [1.807, 2.05) is 24.4 Å². The third-order valence-electron chi connectivity index (χ3n) is 8.31. The third kappa shape index (κ3) is 3.98. The van der Waals surface area contributed by atoms with Crippen LogP contribution < -0.4 is 5.73 Å². The molecule has 0 aliphatic heterocycles. The Morgan fingerprint density at radius 2 is 1.26 bits per heavy atom. The number of pyridine rings is 2. The molecule has 0 unspecified atom stereocenters. The predicted molar refractivity (Wildman–Crippen MR) is 178 cm³/mol. The molecule has 2 heterocycles. The summed E-state index contributed by atoms with van der Waals surface area (Å²) < 4.78 is 0. The SMILES string of the molecule is Nc1c(/C=C\Cc2ccccn2)ccc2ccc(-c3ccc4ccc5c(-c6ccccc6)ccc6ccc3c4c65)nc12. The van der Waals surface area contributed by atoms with Crippen LogP contribution in [-0.4, -0.2) is 9.97 Å². The predicted octanol–water partition coefficient (Wildman–Crippen LogP) is 9.70. The van der Waals surface area contributed by atoms with Gasteiger partial charge in [0.2, 0.25) is 0 Å². The minimum atomic E-state index is 0.692. The van der Waals surface area contributed by atoms with Crippen LogP contribution in [0.3, 0.4) is 0 Å². The van der Waals surface area contributed by atoms with Crippen LogP contribution in [0.2, 0.25) is 0 Å². The Kier molecular flexibility index (Phi) is 5.68. The van der Waals surface area contributed by atoms with Gasteiger partial charge in [-0.15, -0.1) is 0 Å². The maximum absolute atomic E-state index is 6.72. The maximum atomic E-state index is 6.72. The molecule has 198 valence electrons. The van der Waals surface area contributed by atoms with E-state index >= 15 is 0 Å². The molecule has 8 aromatic rings. The lowest BCUT2D eigenvalue weighted by atomic mass is 9.88. The number of benzene rings is 6. The molecule has 0 atom stereocenters. The van der Waals surface area contributed by atoms with E-state index in [1.165, 1.54) is 43.4 Å².